The van der Waals surface area contributed by atoms with E-state index in [-0.39, 0.29) is 0 Å². The average Bonchev–Trinajstić information content (AvgIpc) is 2.80. The maximum atomic E-state index is 5.87. The zero-order valence-electron chi connectivity index (χ0n) is 7.05. The molecule has 2 N–H and O–H groups in total. The van der Waals surface area contributed by atoms with Gasteiger partial charge in [-0.15, -0.1) is 0 Å². The van der Waals surface area contributed by atoms with Crippen LogP contribution in [0.2, 0.25) is 0 Å². The summed E-state index contributed by atoms with van der Waals surface area (Å²) in [5.74, 6) is 1.67. The van der Waals surface area contributed by atoms with Crippen LogP contribution in [-0.4, -0.2) is 9.78 Å². The predicted molar refractivity (Wildman–Crippen MR) is 56.8 cm³/mol. The fourth-order valence-corrected chi connectivity index (χ4v) is 1.65. The van der Waals surface area contributed by atoms with E-state index in [1.165, 1.54) is 12.8 Å². The molecular weight excluding hydrogens is 265 g/mol. The molecule has 12 heavy (non-hydrogen) atoms. The highest BCUT2D eigenvalue weighted by Gasteiger charge is 2.23. The van der Waals surface area contributed by atoms with Crippen LogP contribution in [0.25, 0.3) is 0 Å². The maximum Gasteiger partial charge on any atom is 0.135 e. The highest BCUT2D eigenvalue weighted by atomic mass is 127. The summed E-state index contributed by atoms with van der Waals surface area (Å²) in [5, 5.41) is 4.37. The third-order valence-corrected chi connectivity index (χ3v) is 3.55. The first kappa shape index (κ1) is 8.34. The van der Waals surface area contributed by atoms with Gasteiger partial charge in [-0.05, 0) is 48.3 Å². The number of hydrogen-bond acceptors (Lipinski definition) is 2. The number of aryl methyl sites for hydroxylation is 1. The van der Waals surface area contributed by atoms with Gasteiger partial charge in [-0.3, -0.25) is 0 Å². The smallest absolute Gasteiger partial charge is 0.135 e. The number of nitrogens with two attached hydrogens (primary N) is 1. The Kier molecular flexibility index (Phi) is 2.02. The van der Waals surface area contributed by atoms with Crippen LogP contribution in [0.5, 0.6) is 0 Å². The number of rotatable bonds is 2. The SMILES string of the molecule is Cc1nn(CC2CC2)c(N)c1I. The molecule has 0 radical (unpaired) electrons. The predicted octanol–water partition coefficient (Wildman–Crippen LogP) is 1.79. The summed E-state index contributed by atoms with van der Waals surface area (Å²) in [6.45, 7) is 3.01. The first-order chi connectivity index (χ1) is 5.68. The molecule has 0 aliphatic heterocycles. The second-order valence-corrected chi connectivity index (χ2v) is 4.49. The van der Waals surface area contributed by atoms with Gasteiger partial charge in [-0.25, -0.2) is 4.68 Å². The molecule has 0 amide bonds. The molecule has 1 saturated carbocycles. The molecule has 0 bridgehead atoms. The Labute approximate surface area is 85.5 Å². The highest BCUT2D eigenvalue weighted by molar-refractivity contribution is 14.1. The fraction of sp³-hybridized carbons (Fsp3) is 0.625. The van der Waals surface area contributed by atoms with Crippen molar-refractivity contribution in [3.05, 3.63) is 9.26 Å². The van der Waals surface area contributed by atoms with Gasteiger partial charge in [0.1, 0.15) is 5.82 Å². The number of halogens is 1. The number of nitrogen functional groups attached to an aromatic ring is 1. The standard InChI is InChI=1S/C8H12IN3/c1-5-7(9)8(10)12(11-5)4-6-2-3-6/h6H,2-4,10H2,1H3. The summed E-state index contributed by atoms with van der Waals surface area (Å²) < 4.78 is 3.04. The molecule has 1 heterocycles. The quantitative estimate of drug-likeness (QED) is 0.837. The Morgan fingerprint density at radius 2 is 2.33 bits per heavy atom. The normalized spacial score (nSPS) is 16.8. The van der Waals surface area contributed by atoms with E-state index >= 15 is 0 Å². The molecule has 0 unspecified atom stereocenters. The number of aromatic nitrogens is 2. The summed E-state index contributed by atoms with van der Waals surface area (Å²) in [6, 6.07) is 0. The van der Waals surface area contributed by atoms with Gasteiger partial charge in [0, 0.05) is 6.54 Å². The zero-order chi connectivity index (χ0) is 8.72. The summed E-state index contributed by atoms with van der Waals surface area (Å²) in [6.07, 6.45) is 2.68. The van der Waals surface area contributed by atoms with Crippen molar-refractivity contribution >= 4 is 28.4 Å². The van der Waals surface area contributed by atoms with Gasteiger partial charge >= 0.3 is 0 Å². The molecule has 1 aliphatic carbocycles. The maximum absolute atomic E-state index is 5.87. The molecule has 4 heteroatoms. The topological polar surface area (TPSA) is 43.8 Å². The van der Waals surface area contributed by atoms with Gasteiger partial charge in [-0.1, -0.05) is 0 Å². The van der Waals surface area contributed by atoms with Gasteiger partial charge < -0.3 is 5.73 Å². The second-order valence-electron chi connectivity index (χ2n) is 3.41. The van der Waals surface area contributed by atoms with Gasteiger partial charge in [0.25, 0.3) is 0 Å². The Bertz CT molecular complexity index is 301. The van der Waals surface area contributed by atoms with Gasteiger partial charge in [0.05, 0.1) is 9.26 Å². The monoisotopic (exact) mass is 277 g/mol. The Balaban J connectivity index is 2.23. The zero-order valence-corrected chi connectivity index (χ0v) is 9.21. The van der Waals surface area contributed by atoms with Crippen molar-refractivity contribution in [1.29, 1.82) is 0 Å². The van der Waals surface area contributed by atoms with Gasteiger partial charge in [0.15, 0.2) is 0 Å². The van der Waals surface area contributed by atoms with Gasteiger partial charge in [-0.2, -0.15) is 5.10 Å². The molecule has 0 saturated heterocycles. The van der Waals surface area contributed by atoms with Crippen LogP contribution >= 0.6 is 22.6 Å². The third kappa shape index (κ3) is 1.44. The molecule has 66 valence electrons. The molecule has 0 spiro atoms. The van der Waals surface area contributed by atoms with Crippen molar-refractivity contribution < 1.29 is 0 Å². The van der Waals surface area contributed by atoms with Crippen molar-refractivity contribution in [2.75, 3.05) is 5.73 Å². The van der Waals surface area contributed by atoms with E-state index in [0.29, 0.717) is 0 Å². The fourth-order valence-electron chi connectivity index (χ4n) is 1.26. The lowest BCUT2D eigenvalue weighted by atomic mass is 10.4. The van der Waals surface area contributed by atoms with Crippen molar-refractivity contribution in [2.24, 2.45) is 5.92 Å². The molecule has 0 atom stereocenters. The number of anilines is 1. The van der Waals surface area contributed by atoms with Crippen LogP contribution in [0.1, 0.15) is 18.5 Å². The first-order valence-electron chi connectivity index (χ1n) is 4.17. The minimum absolute atomic E-state index is 0.833. The average molecular weight is 277 g/mol. The molecule has 2 rings (SSSR count). The van der Waals surface area contributed by atoms with E-state index in [0.717, 1.165) is 27.5 Å². The largest absolute Gasteiger partial charge is 0.383 e. The summed E-state index contributed by atoms with van der Waals surface area (Å²) in [5.41, 5.74) is 6.92. The molecule has 0 aromatic carbocycles. The lowest BCUT2D eigenvalue weighted by molar-refractivity contribution is 0.567. The Hall–Kier alpha value is -0.260. The number of nitrogens with zero attached hydrogens (tertiary/aromatic N) is 2. The van der Waals surface area contributed by atoms with Crippen LogP contribution in [-0.2, 0) is 6.54 Å². The van der Waals surface area contributed by atoms with Crippen LogP contribution < -0.4 is 5.73 Å². The number of hydrogen-bond donors (Lipinski definition) is 1. The van der Waals surface area contributed by atoms with E-state index in [1.54, 1.807) is 0 Å². The van der Waals surface area contributed by atoms with E-state index in [4.69, 9.17) is 5.73 Å². The van der Waals surface area contributed by atoms with E-state index in [1.807, 2.05) is 11.6 Å². The molecule has 1 aromatic rings. The van der Waals surface area contributed by atoms with Crippen LogP contribution in [0.4, 0.5) is 5.82 Å². The highest BCUT2D eigenvalue weighted by Crippen LogP contribution is 2.32. The van der Waals surface area contributed by atoms with Crippen molar-refractivity contribution in [3.8, 4) is 0 Å². The van der Waals surface area contributed by atoms with Crippen molar-refractivity contribution in [3.63, 3.8) is 0 Å². The lowest BCUT2D eigenvalue weighted by Gasteiger charge is -2.00. The molecular formula is C8H12IN3. The van der Waals surface area contributed by atoms with E-state index < -0.39 is 0 Å². The first-order valence-corrected chi connectivity index (χ1v) is 5.24. The molecule has 1 fully saturated rings. The van der Waals surface area contributed by atoms with E-state index in [9.17, 15) is 0 Å². The molecule has 3 nitrogen and oxygen atoms in total. The third-order valence-electron chi connectivity index (χ3n) is 2.22. The van der Waals surface area contributed by atoms with Gasteiger partial charge in [0.2, 0.25) is 0 Å². The van der Waals surface area contributed by atoms with Crippen LogP contribution in [0.3, 0.4) is 0 Å². The second kappa shape index (κ2) is 2.90. The summed E-state index contributed by atoms with van der Waals surface area (Å²) in [7, 11) is 0. The Morgan fingerprint density at radius 1 is 1.67 bits per heavy atom. The van der Waals surface area contributed by atoms with Crippen molar-refractivity contribution in [2.45, 2.75) is 26.3 Å². The van der Waals surface area contributed by atoms with Crippen molar-refractivity contribution in [1.82, 2.24) is 9.78 Å². The molecule has 1 aliphatic rings. The summed E-state index contributed by atoms with van der Waals surface area (Å²) in [4.78, 5) is 0. The van der Waals surface area contributed by atoms with Crippen LogP contribution in [0.15, 0.2) is 0 Å². The minimum atomic E-state index is 0.833. The minimum Gasteiger partial charge on any atom is -0.383 e. The van der Waals surface area contributed by atoms with E-state index in [2.05, 4.69) is 27.7 Å². The van der Waals surface area contributed by atoms with Crippen LogP contribution in [0, 0.1) is 16.4 Å². The molecule has 1 aromatic heterocycles. The lowest BCUT2D eigenvalue weighted by Crippen LogP contribution is -2.06. The summed E-state index contributed by atoms with van der Waals surface area (Å²) >= 11 is 2.25. The Morgan fingerprint density at radius 3 is 2.75 bits per heavy atom.